The van der Waals surface area contributed by atoms with Crippen molar-refractivity contribution in [3.05, 3.63) is 65.1 Å². The van der Waals surface area contributed by atoms with Crippen LogP contribution in [-0.4, -0.2) is 47.0 Å². The first-order valence-electron chi connectivity index (χ1n) is 10.3. The standard InChI is InChI=1S/C23H24FN3O2/c1-15-18-4-2-3-5-19(18)23(28)27(15)13-12-26-10-8-16(9-11-26)22-20-7-6-17(24)14-21(20)29-25-22/h2-7,14-16H,8-13H2,1H3. The van der Waals surface area contributed by atoms with E-state index in [1.165, 1.54) is 12.1 Å². The summed E-state index contributed by atoms with van der Waals surface area (Å²) in [5.41, 5.74) is 3.43. The predicted molar refractivity (Wildman–Crippen MR) is 108 cm³/mol. The van der Waals surface area contributed by atoms with Crippen LogP contribution in [0.4, 0.5) is 4.39 Å². The third-order valence-electron chi connectivity index (χ3n) is 6.46. The van der Waals surface area contributed by atoms with Crippen LogP contribution in [0.25, 0.3) is 11.0 Å². The fraction of sp³-hybridized carbons (Fsp3) is 0.391. The normalized spacial score (nSPS) is 20.6. The van der Waals surface area contributed by atoms with E-state index >= 15 is 0 Å². The Labute approximate surface area is 169 Å². The van der Waals surface area contributed by atoms with Crippen molar-refractivity contribution in [2.45, 2.75) is 31.7 Å². The molecular formula is C23H24FN3O2. The molecule has 1 atom stereocenters. The molecule has 2 aromatic carbocycles. The van der Waals surface area contributed by atoms with Gasteiger partial charge in [-0.05, 0) is 56.6 Å². The zero-order valence-corrected chi connectivity index (χ0v) is 16.5. The molecule has 29 heavy (non-hydrogen) atoms. The molecule has 1 fully saturated rings. The number of hydrogen-bond acceptors (Lipinski definition) is 4. The van der Waals surface area contributed by atoms with Gasteiger partial charge >= 0.3 is 0 Å². The highest BCUT2D eigenvalue weighted by Crippen LogP contribution is 2.34. The number of nitrogens with zero attached hydrogens (tertiary/aromatic N) is 3. The minimum absolute atomic E-state index is 0.137. The lowest BCUT2D eigenvalue weighted by atomic mass is 9.91. The van der Waals surface area contributed by atoms with Crippen LogP contribution >= 0.6 is 0 Å². The summed E-state index contributed by atoms with van der Waals surface area (Å²) in [6, 6.07) is 12.7. The van der Waals surface area contributed by atoms with E-state index in [1.807, 2.05) is 23.1 Å². The molecule has 0 radical (unpaired) electrons. The van der Waals surface area contributed by atoms with Crippen LogP contribution < -0.4 is 0 Å². The number of halogens is 1. The molecule has 5 rings (SSSR count). The van der Waals surface area contributed by atoms with Crippen LogP contribution in [0.5, 0.6) is 0 Å². The van der Waals surface area contributed by atoms with E-state index in [9.17, 15) is 9.18 Å². The maximum absolute atomic E-state index is 13.4. The number of amides is 1. The number of rotatable bonds is 4. The zero-order valence-electron chi connectivity index (χ0n) is 16.5. The molecule has 3 heterocycles. The van der Waals surface area contributed by atoms with E-state index in [0.29, 0.717) is 11.5 Å². The van der Waals surface area contributed by atoms with E-state index in [1.54, 1.807) is 6.07 Å². The van der Waals surface area contributed by atoms with Crippen LogP contribution in [0.3, 0.4) is 0 Å². The molecule has 2 aliphatic heterocycles. The number of hydrogen-bond donors (Lipinski definition) is 0. The molecule has 1 aromatic heterocycles. The van der Waals surface area contributed by atoms with Gasteiger partial charge in [0.1, 0.15) is 5.82 Å². The first kappa shape index (κ1) is 18.3. The summed E-state index contributed by atoms with van der Waals surface area (Å²) in [5, 5.41) is 5.14. The Kier molecular flexibility index (Phi) is 4.59. The van der Waals surface area contributed by atoms with Gasteiger partial charge in [-0.15, -0.1) is 0 Å². The zero-order chi connectivity index (χ0) is 20.0. The van der Waals surface area contributed by atoms with E-state index in [2.05, 4.69) is 23.0 Å². The van der Waals surface area contributed by atoms with Crippen molar-refractivity contribution in [3.8, 4) is 0 Å². The highest BCUT2D eigenvalue weighted by molar-refractivity contribution is 5.99. The summed E-state index contributed by atoms with van der Waals surface area (Å²) in [6.45, 7) is 5.65. The van der Waals surface area contributed by atoms with Crippen molar-refractivity contribution in [2.24, 2.45) is 0 Å². The van der Waals surface area contributed by atoms with E-state index in [-0.39, 0.29) is 17.8 Å². The second-order valence-electron chi connectivity index (χ2n) is 8.09. The van der Waals surface area contributed by atoms with E-state index in [0.717, 1.165) is 61.2 Å². The first-order chi connectivity index (χ1) is 14.1. The Morgan fingerprint density at radius 1 is 1.14 bits per heavy atom. The van der Waals surface area contributed by atoms with Crippen molar-refractivity contribution in [3.63, 3.8) is 0 Å². The Bertz CT molecular complexity index is 1060. The second-order valence-corrected chi connectivity index (χ2v) is 8.09. The number of piperidine rings is 1. The molecule has 0 bridgehead atoms. The van der Waals surface area contributed by atoms with Crippen LogP contribution in [0.1, 0.15) is 53.3 Å². The minimum atomic E-state index is -0.303. The number of likely N-dealkylation sites (tertiary alicyclic amines) is 1. The Balaban J connectivity index is 1.19. The lowest BCUT2D eigenvalue weighted by Crippen LogP contribution is -2.40. The maximum Gasteiger partial charge on any atom is 0.254 e. The Morgan fingerprint density at radius 3 is 2.72 bits per heavy atom. The number of benzene rings is 2. The van der Waals surface area contributed by atoms with E-state index in [4.69, 9.17) is 4.52 Å². The predicted octanol–water partition coefficient (Wildman–Crippen LogP) is 4.36. The van der Waals surface area contributed by atoms with Gasteiger partial charge < -0.3 is 14.3 Å². The molecule has 150 valence electrons. The van der Waals surface area contributed by atoms with E-state index < -0.39 is 0 Å². The van der Waals surface area contributed by atoms with Gasteiger partial charge in [-0.25, -0.2) is 4.39 Å². The van der Waals surface area contributed by atoms with Crippen molar-refractivity contribution in [1.82, 2.24) is 15.0 Å². The largest absolute Gasteiger partial charge is 0.356 e. The van der Waals surface area contributed by atoms with Gasteiger partial charge in [-0.3, -0.25) is 4.79 Å². The average Bonchev–Trinajstić information content (AvgIpc) is 3.26. The molecule has 1 amide bonds. The third-order valence-corrected chi connectivity index (χ3v) is 6.46. The lowest BCUT2D eigenvalue weighted by molar-refractivity contribution is 0.0704. The van der Waals surface area contributed by atoms with Gasteiger partial charge in [0, 0.05) is 36.0 Å². The van der Waals surface area contributed by atoms with Gasteiger partial charge in [0.05, 0.1) is 11.7 Å². The van der Waals surface area contributed by atoms with Crippen molar-refractivity contribution < 1.29 is 13.7 Å². The summed E-state index contributed by atoms with van der Waals surface area (Å²) >= 11 is 0. The molecule has 3 aromatic rings. The van der Waals surface area contributed by atoms with Gasteiger partial charge in [0.2, 0.25) is 0 Å². The lowest BCUT2D eigenvalue weighted by Gasteiger charge is -2.33. The number of carbonyl (C=O) groups excluding carboxylic acids is 1. The summed E-state index contributed by atoms with van der Waals surface area (Å²) in [4.78, 5) is 17.1. The quantitative estimate of drug-likeness (QED) is 0.661. The Hall–Kier alpha value is -2.73. The van der Waals surface area contributed by atoms with Crippen LogP contribution in [0.15, 0.2) is 47.0 Å². The van der Waals surface area contributed by atoms with Crippen molar-refractivity contribution in [1.29, 1.82) is 0 Å². The topological polar surface area (TPSA) is 49.6 Å². The summed E-state index contributed by atoms with van der Waals surface area (Å²) in [7, 11) is 0. The average molecular weight is 393 g/mol. The molecule has 6 heteroatoms. The molecule has 2 aliphatic rings. The molecule has 0 saturated carbocycles. The first-order valence-corrected chi connectivity index (χ1v) is 10.3. The van der Waals surface area contributed by atoms with Gasteiger partial charge in [-0.2, -0.15) is 0 Å². The molecule has 0 aliphatic carbocycles. The van der Waals surface area contributed by atoms with Gasteiger partial charge in [0.15, 0.2) is 5.58 Å². The molecule has 1 unspecified atom stereocenters. The van der Waals surface area contributed by atoms with Gasteiger partial charge in [0.25, 0.3) is 5.91 Å². The molecule has 0 N–H and O–H groups in total. The Morgan fingerprint density at radius 2 is 1.93 bits per heavy atom. The van der Waals surface area contributed by atoms with Crippen LogP contribution in [0, 0.1) is 5.82 Å². The van der Waals surface area contributed by atoms with Crippen molar-refractivity contribution >= 4 is 16.9 Å². The second kappa shape index (κ2) is 7.26. The number of aromatic nitrogens is 1. The van der Waals surface area contributed by atoms with Gasteiger partial charge in [-0.1, -0.05) is 23.4 Å². The minimum Gasteiger partial charge on any atom is -0.356 e. The highest BCUT2D eigenvalue weighted by atomic mass is 19.1. The molecule has 1 saturated heterocycles. The fourth-order valence-corrected chi connectivity index (χ4v) is 4.75. The van der Waals surface area contributed by atoms with Crippen LogP contribution in [0.2, 0.25) is 0 Å². The fourth-order valence-electron chi connectivity index (χ4n) is 4.75. The monoisotopic (exact) mass is 393 g/mol. The SMILES string of the molecule is CC1c2ccccc2C(=O)N1CCN1CCC(c2noc3cc(F)ccc23)CC1. The highest BCUT2D eigenvalue weighted by Gasteiger charge is 2.33. The van der Waals surface area contributed by atoms with Crippen LogP contribution in [-0.2, 0) is 0 Å². The summed E-state index contributed by atoms with van der Waals surface area (Å²) in [5.74, 6) is 0.168. The molecular weight excluding hydrogens is 369 g/mol. The molecule has 0 spiro atoms. The number of carbonyl (C=O) groups is 1. The summed E-state index contributed by atoms with van der Waals surface area (Å²) in [6.07, 6.45) is 1.98. The smallest absolute Gasteiger partial charge is 0.254 e. The number of fused-ring (bicyclic) bond motifs is 2. The third kappa shape index (κ3) is 3.21. The summed E-state index contributed by atoms with van der Waals surface area (Å²) < 4.78 is 18.7. The van der Waals surface area contributed by atoms with Crippen molar-refractivity contribution in [2.75, 3.05) is 26.2 Å². The maximum atomic E-state index is 13.4. The molecule has 5 nitrogen and oxygen atoms in total.